The highest BCUT2D eigenvalue weighted by atomic mass is 16.5. The van der Waals surface area contributed by atoms with Crippen molar-refractivity contribution in [2.24, 2.45) is 5.73 Å². The number of Topliss-reactive ketones (excluding diaryl/α,β-unsaturated/α-hetero) is 1. The molecule has 1 saturated heterocycles. The topological polar surface area (TPSA) is 90.4 Å². The van der Waals surface area contributed by atoms with Crippen LogP contribution in [0, 0.1) is 6.92 Å². The maximum Gasteiger partial charge on any atom is 0.219 e. The van der Waals surface area contributed by atoms with E-state index in [1.165, 1.54) is 5.69 Å². The van der Waals surface area contributed by atoms with Gasteiger partial charge in [-0.05, 0) is 50.8 Å². The lowest BCUT2D eigenvalue weighted by molar-refractivity contribution is -0.129. The van der Waals surface area contributed by atoms with E-state index in [0.29, 0.717) is 44.1 Å². The fourth-order valence-electron chi connectivity index (χ4n) is 5.17. The van der Waals surface area contributed by atoms with Crippen molar-refractivity contribution in [2.75, 3.05) is 26.3 Å². The Hall–Kier alpha value is -2.77. The average molecular weight is 465 g/mol. The van der Waals surface area contributed by atoms with Crippen molar-refractivity contribution in [3.8, 4) is 11.3 Å². The predicted molar refractivity (Wildman–Crippen MR) is 134 cm³/mol. The molecule has 34 heavy (non-hydrogen) atoms. The van der Waals surface area contributed by atoms with Gasteiger partial charge in [-0.3, -0.25) is 14.3 Å². The first-order chi connectivity index (χ1) is 16.5. The highest BCUT2D eigenvalue weighted by Crippen LogP contribution is 2.38. The van der Waals surface area contributed by atoms with Crippen molar-refractivity contribution < 1.29 is 14.3 Å². The lowest BCUT2D eigenvalue weighted by Gasteiger charge is -2.29. The van der Waals surface area contributed by atoms with Crippen molar-refractivity contribution in [2.45, 2.75) is 65.5 Å². The fourth-order valence-corrected chi connectivity index (χ4v) is 5.17. The van der Waals surface area contributed by atoms with Gasteiger partial charge < -0.3 is 15.4 Å². The summed E-state index contributed by atoms with van der Waals surface area (Å²) in [6.07, 6.45) is 7.73. The molecule has 2 N–H and O–H groups in total. The summed E-state index contributed by atoms with van der Waals surface area (Å²) in [6, 6.07) is 4.24. The molecule has 7 nitrogen and oxygen atoms in total. The number of ether oxygens (including phenoxy) is 1. The molecule has 1 aromatic carbocycles. The summed E-state index contributed by atoms with van der Waals surface area (Å²) in [5, 5.41) is 5.20. The van der Waals surface area contributed by atoms with Gasteiger partial charge >= 0.3 is 0 Å². The predicted octanol–water partition coefficient (Wildman–Crippen LogP) is 4.07. The van der Waals surface area contributed by atoms with Crippen molar-refractivity contribution in [3.63, 3.8) is 0 Å². The normalized spacial score (nSPS) is 16.8. The van der Waals surface area contributed by atoms with E-state index in [0.717, 1.165) is 60.4 Å². The van der Waals surface area contributed by atoms with Crippen LogP contribution in [0.25, 0.3) is 17.3 Å². The molecule has 1 fully saturated rings. The maximum absolute atomic E-state index is 13.1. The number of fused-ring (bicyclic) bond motifs is 1. The van der Waals surface area contributed by atoms with E-state index >= 15 is 0 Å². The number of carbonyl (C=O) groups is 2. The smallest absolute Gasteiger partial charge is 0.219 e. The van der Waals surface area contributed by atoms with Crippen LogP contribution in [0.1, 0.15) is 78.3 Å². The summed E-state index contributed by atoms with van der Waals surface area (Å²) < 4.78 is 7.80. The van der Waals surface area contributed by atoms with Crippen LogP contribution >= 0.6 is 0 Å². The van der Waals surface area contributed by atoms with Crippen LogP contribution in [0.5, 0.6) is 0 Å². The first-order valence-corrected chi connectivity index (χ1v) is 12.4. The molecule has 2 aromatic rings. The van der Waals surface area contributed by atoms with Gasteiger partial charge in [-0.15, -0.1) is 0 Å². The number of hydrogen-bond acceptors (Lipinski definition) is 5. The van der Waals surface area contributed by atoms with Gasteiger partial charge in [0.15, 0.2) is 5.78 Å². The van der Waals surface area contributed by atoms with Gasteiger partial charge in [0.1, 0.15) is 0 Å². The second-order valence-electron chi connectivity index (χ2n) is 9.29. The number of allylic oxidation sites excluding steroid dienone is 1. The van der Waals surface area contributed by atoms with E-state index < -0.39 is 0 Å². The molecule has 182 valence electrons. The number of amides is 1. The largest absolute Gasteiger partial charge is 0.381 e. The third kappa shape index (κ3) is 4.72. The van der Waals surface area contributed by atoms with Crippen LogP contribution in [0.15, 0.2) is 18.2 Å². The standard InChI is InChI=1S/C27H36N4O3/c1-4-6-22-21(25(33)7-5-13-28)9-8-18(2)26(22)27-23-17-30(19(3)32)14-10-24(23)31(29-27)20-11-15-34-16-12-20/h4,6,8-9,20H,5,7,10-17,28H2,1-3H3/b6-4-. The third-order valence-electron chi connectivity index (χ3n) is 7.00. The molecular weight excluding hydrogens is 428 g/mol. The maximum atomic E-state index is 13.1. The molecule has 2 aliphatic rings. The SMILES string of the molecule is C/C=C\c1c(C(=O)CCCN)ccc(C)c1-c1nn(C2CCOCC2)c2c1CN(C(C)=O)CC2. The summed E-state index contributed by atoms with van der Waals surface area (Å²) in [7, 11) is 0. The molecule has 4 rings (SSSR count). The number of carbonyl (C=O) groups excluding carboxylic acids is 2. The van der Waals surface area contributed by atoms with Crippen molar-refractivity contribution >= 4 is 17.8 Å². The molecular formula is C27H36N4O3. The first-order valence-electron chi connectivity index (χ1n) is 12.4. The molecule has 0 saturated carbocycles. The van der Waals surface area contributed by atoms with Crippen LogP contribution in [0.4, 0.5) is 0 Å². The van der Waals surface area contributed by atoms with Crippen LogP contribution < -0.4 is 5.73 Å². The summed E-state index contributed by atoms with van der Waals surface area (Å²) in [5.41, 5.74) is 12.6. The Morgan fingerprint density at radius 1 is 1.26 bits per heavy atom. The van der Waals surface area contributed by atoms with Gasteiger partial charge in [-0.25, -0.2) is 0 Å². The van der Waals surface area contributed by atoms with E-state index in [-0.39, 0.29) is 11.7 Å². The Kier molecular flexibility index (Phi) is 7.63. The number of benzene rings is 1. The molecule has 0 spiro atoms. The zero-order chi connectivity index (χ0) is 24.2. The molecule has 0 aliphatic carbocycles. The van der Waals surface area contributed by atoms with Crippen LogP contribution in [-0.2, 0) is 22.5 Å². The number of aromatic nitrogens is 2. The molecule has 1 amide bonds. The second-order valence-corrected chi connectivity index (χ2v) is 9.29. The van der Waals surface area contributed by atoms with Crippen molar-refractivity contribution in [1.29, 1.82) is 0 Å². The number of rotatable bonds is 7. The van der Waals surface area contributed by atoms with Crippen LogP contribution in [0.3, 0.4) is 0 Å². The Morgan fingerprint density at radius 3 is 2.71 bits per heavy atom. The summed E-state index contributed by atoms with van der Waals surface area (Å²) in [5.74, 6) is 0.175. The lowest BCUT2D eigenvalue weighted by atomic mass is 9.88. The van der Waals surface area contributed by atoms with Gasteiger partial charge in [0.05, 0.1) is 11.7 Å². The molecule has 7 heteroatoms. The van der Waals surface area contributed by atoms with Crippen LogP contribution in [-0.4, -0.2) is 52.7 Å². The quantitative estimate of drug-likeness (QED) is 0.624. The number of ketones is 1. The Morgan fingerprint density at radius 2 is 2.03 bits per heavy atom. The van der Waals surface area contributed by atoms with Crippen molar-refractivity contribution in [3.05, 3.63) is 46.2 Å². The third-order valence-corrected chi connectivity index (χ3v) is 7.00. The minimum absolute atomic E-state index is 0.0755. The first kappa shape index (κ1) is 24.4. The Balaban J connectivity index is 1.90. The van der Waals surface area contributed by atoms with Gasteiger partial charge in [0, 0.05) is 68.5 Å². The fraction of sp³-hybridized carbons (Fsp3) is 0.519. The Labute approximate surface area is 201 Å². The summed E-state index contributed by atoms with van der Waals surface area (Å²) in [4.78, 5) is 27.2. The van der Waals surface area contributed by atoms with Gasteiger partial charge in [0.2, 0.25) is 5.91 Å². The minimum atomic E-state index is 0.0755. The van der Waals surface area contributed by atoms with Gasteiger partial charge in [-0.2, -0.15) is 5.10 Å². The van der Waals surface area contributed by atoms with Gasteiger partial charge in [-0.1, -0.05) is 24.3 Å². The zero-order valence-corrected chi connectivity index (χ0v) is 20.6. The highest BCUT2D eigenvalue weighted by molar-refractivity contribution is 6.02. The van der Waals surface area contributed by atoms with Crippen molar-refractivity contribution in [1.82, 2.24) is 14.7 Å². The summed E-state index contributed by atoms with van der Waals surface area (Å²) >= 11 is 0. The number of nitrogens with zero attached hydrogens (tertiary/aromatic N) is 3. The van der Waals surface area contributed by atoms with Crippen LogP contribution in [0.2, 0.25) is 0 Å². The average Bonchev–Trinajstić information content (AvgIpc) is 3.22. The van der Waals surface area contributed by atoms with E-state index in [1.54, 1.807) is 6.92 Å². The van der Waals surface area contributed by atoms with E-state index in [4.69, 9.17) is 15.6 Å². The number of nitrogens with two attached hydrogens (primary N) is 1. The second kappa shape index (κ2) is 10.7. The molecule has 3 heterocycles. The molecule has 2 aliphatic heterocycles. The number of aryl methyl sites for hydroxylation is 1. The Bertz CT molecular complexity index is 1100. The molecule has 0 bridgehead atoms. The number of hydrogen-bond donors (Lipinski definition) is 1. The molecule has 0 radical (unpaired) electrons. The van der Waals surface area contributed by atoms with E-state index in [2.05, 4.69) is 11.6 Å². The highest BCUT2D eigenvalue weighted by Gasteiger charge is 2.31. The molecule has 0 atom stereocenters. The molecule has 0 unspecified atom stereocenters. The zero-order valence-electron chi connectivity index (χ0n) is 20.6. The minimum Gasteiger partial charge on any atom is -0.381 e. The lowest BCUT2D eigenvalue weighted by Crippen LogP contribution is -2.35. The van der Waals surface area contributed by atoms with E-state index in [1.807, 2.05) is 36.1 Å². The van der Waals surface area contributed by atoms with Gasteiger partial charge in [0.25, 0.3) is 0 Å². The summed E-state index contributed by atoms with van der Waals surface area (Å²) in [6.45, 7) is 8.88. The molecule has 1 aromatic heterocycles. The monoisotopic (exact) mass is 464 g/mol. The van der Waals surface area contributed by atoms with E-state index in [9.17, 15) is 9.59 Å².